The van der Waals surface area contributed by atoms with Crippen molar-refractivity contribution in [3.8, 4) is 5.75 Å². The van der Waals surface area contributed by atoms with Crippen molar-refractivity contribution in [1.82, 2.24) is 0 Å². The minimum Gasteiger partial charge on any atom is -0.466 e. The summed E-state index contributed by atoms with van der Waals surface area (Å²) in [6.07, 6.45) is 2.58. The third-order valence-electron chi connectivity index (χ3n) is 2.83. The van der Waals surface area contributed by atoms with E-state index in [1.165, 1.54) is 6.07 Å². The van der Waals surface area contributed by atoms with Gasteiger partial charge in [-0.25, -0.2) is 0 Å². The quantitative estimate of drug-likeness (QED) is 0.242. The van der Waals surface area contributed by atoms with Gasteiger partial charge < -0.3 is 9.47 Å². The molecule has 0 amide bonds. The molecule has 0 aliphatic heterocycles. The molecule has 0 bridgehead atoms. The van der Waals surface area contributed by atoms with Crippen molar-refractivity contribution in [1.29, 1.82) is 0 Å². The van der Waals surface area contributed by atoms with Gasteiger partial charge in [0.15, 0.2) is 5.75 Å². The van der Waals surface area contributed by atoms with Crippen LogP contribution in [0.3, 0.4) is 0 Å². The first-order valence-corrected chi connectivity index (χ1v) is 8.57. The van der Waals surface area contributed by atoms with Gasteiger partial charge in [-0.05, 0) is 12.5 Å². The van der Waals surface area contributed by atoms with Crippen molar-refractivity contribution < 1.29 is 19.1 Å². The number of hydrogen-bond acceptors (Lipinski definition) is 4. The van der Waals surface area contributed by atoms with Crippen molar-refractivity contribution >= 4 is 58.3 Å². The molecule has 8 heteroatoms. The predicted octanol–water partition coefficient (Wildman–Crippen LogP) is 5.72. The molecule has 0 aromatic heterocycles. The topological polar surface area (TPSA) is 52.6 Å². The highest BCUT2D eigenvalue weighted by molar-refractivity contribution is 6.48. The fourth-order valence-electron chi connectivity index (χ4n) is 1.62. The van der Waals surface area contributed by atoms with Crippen LogP contribution in [0.1, 0.15) is 39.0 Å². The molecule has 0 atom stereocenters. The zero-order valence-corrected chi connectivity index (χ0v) is 15.5. The number of hydrogen-bond donors (Lipinski definition) is 0. The lowest BCUT2D eigenvalue weighted by atomic mass is 10.3. The van der Waals surface area contributed by atoms with E-state index in [1.807, 2.05) is 0 Å². The van der Waals surface area contributed by atoms with Crippen molar-refractivity contribution in [2.75, 3.05) is 6.61 Å². The second-order valence-corrected chi connectivity index (χ2v) is 6.27. The normalized spacial score (nSPS) is 10.5. The van der Waals surface area contributed by atoms with Crippen molar-refractivity contribution in [3.63, 3.8) is 0 Å². The van der Waals surface area contributed by atoms with Crippen molar-refractivity contribution in [2.24, 2.45) is 0 Å². The van der Waals surface area contributed by atoms with Crippen LogP contribution >= 0.6 is 46.4 Å². The monoisotopic (exact) mass is 400 g/mol. The maximum atomic E-state index is 11.8. The maximum Gasteiger partial charge on any atom is 0.311 e. The summed E-state index contributed by atoms with van der Waals surface area (Å²) < 4.78 is 10.0. The molecular weight excluding hydrogens is 386 g/mol. The van der Waals surface area contributed by atoms with Crippen LogP contribution in [0.15, 0.2) is 6.07 Å². The summed E-state index contributed by atoms with van der Waals surface area (Å²) in [7, 11) is 0. The van der Waals surface area contributed by atoms with E-state index >= 15 is 0 Å². The molecule has 0 aliphatic carbocycles. The van der Waals surface area contributed by atoms with Crippen LogP contribution in [0, 0.1) is 0 Å². The number of rotatable bonds is 8. The van der Waals surface area contributed by atoms with Gasteiger partial charge in [0.1, 0.15) is 10.0 Å². The number of benzene rings is 1. The zero-order chi connectivity index (χ0) is 17.4. The zero-order valence-electron chi connectivity index (χ0n) is 12.5. The number of halogens is 4. The minimum absolute atomic E-state index is 0.0171. The highest BCUT2D eigenvalue weighted by atomic mass is 35.5. The van der Waals surface area contributed by atoms with Gasteiger partial charge in [-0.15, -0.1) is 0 Å². The molecule has 0 aliphatic rings. The molecule has 0 radical (unpaired) electrons. The fourth-order valence-corrected chi connectivity index (χ4v) is 2.49. The molecule has 1 aromatic rings. The largest absolute Gasteiger partial charge is 0.466 e. The molecule has 0 saturated carbocycles. The van der Waals surface area contributed by atoms with Crippen LogP contribution in [0.2, 0.25) is 20.1 Å². The standard InChI is InChI=1S/C15H16Cl4O4/c1-2-3-4-7-22-11(20)5-6-12(21)23-15-13(18)9(16)8-10(17)14(15)19/h8H,2-7H2,1H3. The predicted molar refractivity (Wildman–Crippen MR) is 91.8 cm³/mol. The Morgan fingerprint density at radius 3 is 2.09 bits per heavy atom. The molecule has 0 unspecified atom stereocenters. The average Bonchev–Trinajstić information content (AvgIpc) is 2.52. The first kappa shape index (κ1) is 20.4. The number of unbranched alkanes of at least 4 members (excludes halogenated alkanes) is 2. The van der Waals surface area contributed by atoms with Gasteiger partial charge in [0, 0.05) is 0 Å². The summed E-state index contributed by atoms with van der Waals surface area (Å²) in [4.78, 5) is 23.3. The Bertz CT molecular complexity index is 549. The van der Waals surface area contributed by atoms with Gasteiger partial charge in [-0.3, -0.25) is 9.59 Å². The maximum absolute atomic E-state index is 11.8. The molecule has 23 heavy (non-hydrogen) atoms. The minimum atomic E-state index is -0.683. The highest BCUT2D eigenvalue weighted by Crippen LogP contribution is 2.42. The van der Waals surface area contributed by atoms with E-state index in [0.29, 0.717) is 6.61 Å². The lowest BCUT2D eigenvalue weighted by Gasteiger charge is -2.10. The number of carbonyl (C=O) groups excluding carboxylic acids is 2. The van der Waals surface area contributed by atoms with Gasteiger partial charge >= 0.3 is 11.9 Å². The van der Waals surface area contributed by atoms with Crippen LogP contribution in [0.4, 0.5) is 0 Å². The Labute approximate surface area is 154 Å². The number of carbonyl (C=O) groups is 2. The van der Waals surface area contributed by atoms with Crippen LogP contribution in [0.5, 0.6) is 5.75 Å². The molecule has 128 valence electrons. The van der Waals surface area contributed by atoms with E-state index in [9.17, 15) is 9.59 Å². The van der Waals surface area contributed by atoms with E-state index in [-0.39, 0.29) is 38.7 Å². The smallest absolute Gasteiger partial charge is 0.311 e. The Morgan fingerprint density at radius 2 is 1.52 bits per heavy atom. The van der Waals surface area contributed by atoms with Gasteiger partial charge in [0.2, 0.25) is 0 Å². The lowest BCUT2D eigenvalue weighted by Crippen LogP contribution is -2.13. The Balaban J connectivity index is 2.50. The second-order valence-electron chi connectivity index (χ2n) is 4.70. The van der Waals surface area contributed by atoms with E-state index < -0.39 is 11.9 Å². The fraction of sp³-hybridized carbons (Fsp3) is 0.467. The first-order chi connectivity index (χ1) is 10.9. The van der Waals surface area contributed by atoms with E-state index in [2.05, 4.69) is 6.92 Å². The summed E-state index contributed by atoms with van der Waals surface area (Å²) in [5.74, 6) is -1.26. The van der Waals surface area contributed by atoms with Gasteiger partial charge in [0.25, 0.3) is 0 Å². The van der Waals surface area contributed by atoms with Crippen molar-refractivity contribution in [2.45, 2.75) is 39.0 Å². The molecule has 0 spiro atoms. The second kappa shape index (κ2) is 10.2. The summed E-state index contributed by atoms with van der Waals surface area (Å²) in [5.41, 5.74) is 0. The SMILES string of the molecule is CCCCCOC(=O)CCC(=O)Oc1c(Cl)c(Cl)cc(Cl)c1Cl. The molecule has 1 aromatic carbocycles. The van der Waals surface area contributed by atoms with E-state index in [0.717, 1.165) is 19.3 Å². The summed E-state index contributed by atoms with van der Waals surface area (Å²) in [6, 6.07) is 1.35. The third-order valence-corrected chi connectivity index (χ3v) is 4.37. The molecule has 1 rings (SSSR count). The van der Waals surface area contributed by atoms with E-state index in [1.54, 1.807) is 0 Å². The van der Waals surface area contributed by atoms with Gasteiger partial charge in [-0.2, -0.15) is 0 Å². The van der Waals surface area contributed by atoms with Crippen molar-refractivity contribution in [3.05, 3.63) is 26.2 Å². The average molecular weight is 402 g/mol. The van der Waals surface area contributed by atoms with Gasteiger partial charge in [0.05, 0.1) is 29.5 Å². The number of esters is 2. The summed E-state index contributed by atoms with van der Waals surface area (Å²) >= 11 is 23.6. The number of ether oxygens (including phenoxy) is 2. The third kappa shape index (κ3) is 6.76. The molecule has 0 fully saturated rings. The molecule has 0 N–H and O–H groups in total. The lowest BCUT2D eigenvalue weighted by molar-refractivity contribution is -0.147. The Morgan fingerprint density at radius 1 is 0.957 bits per heavy atom. The molecule has 0 heterocycles. The highest BCUT2D eigenvalue weighted by Gasteiger charge is 2.19. The first-order valence-electron chi connectivity index (χ1n) is 7.06. The summed E-state index contributed by atoms with van der Waals surface area (Å²) in [5, 5.41) is 0.187. The Hall–Kier alpha value is -0.680. The van der Waals surface area contributed by atoms with Crippen LogP contribution < -0.4 is 4.74 Å². The molecule has 0 saturated heterocycles. The van der Waals surface area contributed by atoms with E-state index in [4.69, 9.17) is 55.9 Å². The van der Waals surface area contributed by atoms with Gasteiger partial charge in [-0.1, -0.05) is 66.2 Å². The molecule has 4 nitrogen and oxygen atoms in total. The molecular formula is C15H16Cl4O4. The summed E-state index contributed by atoms with van der Waals surface area (Å²) in [6.45, 7) is 2.40. The van der Waals surface area contributed by atoms with Crippen LogP contribution in [-0.4, -0.2) is 18.5 Å². The van der Waals surface area contributed by atoms with Crippen LogP contribution in [0.25, 0.3) is 0 Å². The Kier molecular flexibility index (Phi) is 9.07. The van der Waals surface area contributed by atoms with Crippen LogP contribution in [-0.2, 0) is 14.3 Å².